The van der Waals surface area contributed by atoms with Crippen LogP contribution in [0.2, 0.25) is 0 Å². The van der Waals surface area contributed by atoms with E-state index in [2.05, 4.69) is 5.32 Å². The Balaban J connectivity index is 1.75. The highest BCUT2D eigenvalue weighted by Crippen LogP contribution is 2.30. The molecule has 1 N–H and O–H groups in total. The summed E-state index contributed by atoms with van der Waals surface area (Å²) in [5.74, 6) is 1.17. The molecule has 1 aliphatic carbocycles. The highest BCUT2D eigenvalue weighted by atomic mass is 32.2. The molecule has 5 heteroatoms. The first-order chi connectivity index (χ1) is 11.6. The monoisotopic (exact) mass is 346 g/mol. The molecule has 1 unspecified atom stereocenters. The maximum absolute atomic E-state index is 13.0. The van der Waals surface area contributed by atoms with Crippen LogP contribution < -0.4 is 5.32 Å². The van der Waals surface area contributed by atoms with E-state index < -0.39 is 5.54 Å². The van der Waals surface area contributed by atoms with Gasteiger partial charge in [-0.1, -0.05) is 49.6 Å². The van der Waals surface area contributed by atoms with Crippen LogP contribution in [0.1, 0.15) is 44.6 Å². The quantitative estimate of drug-likeness (QED) is 0.912. The molecule has 0 bridgehead atoms. The average Bonchev–Trinajstić information content (AvgIpc) is 2.60. The molecule has 2 aliphatic rings. The van der Waals surface area contributed by atoms with E-state index in [9.17, 15) is 9.59 Å². The van der Waals surface area contributed by atoms with Crippen LogP contribution in [0.5, 0.6) is 0 Å². The summed E-state index contributed by atoms with van der Waals surface area (Å²) in [7, 11) is 0. The Labute approximate surface area is 148 Å². The van der Waals surface area contributed by atoms with E-state index >= 15 is 0 Å². The van der Waals surface area contributed by atoms with Crippen molar-refractivity contribution in [3.8, 4) is 0 Å². The number of carbonyl (C=O) groups excluding carboxylic acids is 2. The molecule has 0 radical (unpaired) electrons. The molecule has 24 heavy (non-hydrogen) atoms. The molecule has 0 aromatic heterocycles. The molecule has 1 saturated heterocycles. The molecule has 4 nitrogen and oxygen atoms in total. The lowest BCUT2D eigenvalue weighted by molar-refractivity contribution is -0.145. The fraction of sp³-hybridized carbons (Fsp3) is 0.579. The van der Waals surface area contributed by atoms with Gasteiger partial charge in [0, 0.05) is 18.3 Å². The van der Waals surface area contributed by atoms with Crippen LogP contribution >= 0.6 is 11.8 Å². The van der Waals surface area contributed by atoms with Crippen LogP contribution in [0.4, 0.5) is 0 Å². The van der Waals surface area contributed by atoms with Crippen molar-refractivity contribution >= 4 is 23.6 Å². The van der Waals surface area contributed by atoms with Crippen molar-refractivity contribution in [3.63, 3.8) is 0 Å². The first kappa shape index (κ1) is 17.3. The van der Waals surface area contributed by atoms with Gasteiger partial charge in [0.25, 0.3) is 0 Å². The summed E-state index contributed by atoms with van der Waals surface area (Å²) < 4.78 is 0. The summed E-state index contributed by atoms with van der Waals surface area (Å²) in [4.78, 5) is 27.3. The molecule has 2 fully saturated rings. The molecule has 3 rings (SSSR count). The second-order valence-electron chi connectivity index (χ2n) is 7.04. The summed E-state index contributed by atoms with van der Waals surface area (Å²) >= 11 is 1.56. The Morgan fingerprint density at radius 1 is 1.25 bits per heavy atom. The van der Waals surface area contributed by atoms with Crippen molar-refractivity contribution in [1.29, 1.82) is 0 Å². The van der Waals surface area contributed by atoms with Crippen molar-refractivity contribution in [2.24, 2.45) is 0 Å². The Kier molecular flexibility index (Phi) is 5.49. The van der Waals surface area contributed by atoms with Gasteiger partial charge in [0.05, 0.1) is 5.75 Å². The van der Waals surface area contributed by atoms with Gasteiger partial charge in [0.15, 0.2) is 0 Å². The molecule has 1 aliphatic heterocycles. The summed E-state index contributed by atoms with van der Waals surface area (Å²) in [5, 5.41) is 3.22. The van der Waals surface area contributed by atoms with E-state index in [0.717, 1.165) is 18.4 Å². The number of hydrogen-bond acceptors (Lipinski definition) is 3. The van der Waals surface area contributed by atoms with Crippen molar-refractivity contribution in [3.05, 3.63) is 35.9 Å². The highest BCUT2D eigenvalue weighted by molar-refractivity contribution is 8.00. The average molecular weight is 346 g/mol. The zero-order valence-electron chi connectivity index (χ0n) is 14.3. The van der Waals surface area contributed by atoms with Gasteiger partial charge in [-0.05, 0) is 25.3 Å². The van der Waals surface area contributed by atoms with Crippen molar-refractivity contribution < 1.29 is 9.59 Å². The Morgan fingerprint density at radius 3 is 2.67 bits per heavy atom. The molecule has 1 heterocycles. The van der Waals surface area contributed by atoms with E-state index in [1.54, 1.807) is 16.7 Å². The predicted molar refractivity (Wildman–Crippen MR) is 97.7 cm³/mol. The molecular formula is C19H26N2O2S. The minimum Gasteiger partial charge on any atom is -0.351 e. The van der Waals surface area contributed by atoms with Crippen LogP contribution in [-0.2, 0) is 16.1 Å². The van der Waals surface area contributed by atoms with Crippen LogP contribution in [0, 0.1) is 0 Å². The first-order valence-corrected chi connectivity index (χ1v) is 9.98. The van der Waals surface area contributed by atoms with Crippen LogP contribution in [0.15, 0.2) is 30.3 Å². The molecule has 2 amide bonds. The fourth-order valence-electron chi connectivity index (χ4n) is 3.57. The Morgan fingerprint density at radius 2 is 1.96 bits per heavy atom. The van der Waals surface area contributed by atoms with E-state index in [4.69, 9.17) is 0 Å². The SMILES string of the molecule is CC1(C(=O)NC2CCCCC2)CSCC(=O)N1Cc1ccccc1. The number of carbonyl (C=O) groups is 2. The van der Waals surface area contributed by atoms with Crippen molar-refractivity contribution in [2.45, 2.75) is 57.2 Å². The largest absolute Gasteiger partial charge is 0.351 e. The van der Waals surface area contributed by atoms with Crippen molar-refractivity contribution in [2.75, 3.05) is 11.5 Å². The van der Waals surface area contributed by atoms with E-state index in [1.807, 2.05) is 37.3 Å². The van der Waals surface area contributed by atoms with Crippen LogP contribution in [0.3, 0.4) is 0 Å². The fourth-order valence-corrected chi connectivity index (χ4v) is 4.69. The number of amides is 2. The zero-order valence-corrected chi connectivity index (χ0v) is 15.1. The number of hydrogen-bond donors (Lipinski definition) is 1. The van der Waals surface area contributed by atoms with Gasteiger partial charge in [-0.25, -0.2) is 0 Å². The molecular weight excluding hydrogens is 320 g/mol. The van der Waals surface area contributed by atoms with E-state index in [0.29, 0.717) is 18.1 Å². The van der Waals surface area contributed by atoms with Gasteiger partial charge >= 0.3 is 0 Å². The minimum atomic E-state index is -0.771. The van der Waals surface area contributed by atoms with Crippen LogP contribution in [0.25, 0.3) is 0 Å². The topological polar surface area (TPSA) is 49.4 Å². The number of thioether (sulfide) groups is 1. The predicted octanol–water partition coefficient (Wildman–Crippen LogP) is 2.97. The maximum atomic E-state index is 13.0. The summed E-state index contributed by atoms with van der Waals surface area (Å²) in [5.41, 5.74) is 0.294. The minimum absolute atomic E-state index is 0.00545. The molecule has 1 aromatic carbocycles. The normalized spacial score (nSPS) is 25.5. The van der Waals surface area contributed by atoms with Gasteiger partial charge in [-0.2, -0.15) is 0 Å². The van der Waals surface area contributed by atoms with Gasteiger partial charge in [-0.15, -0.1) is 11.8 Å². The van der Waals surface area contributed by atoms with Gasteiger partial charge in [0.1, 0.15) is 5.54 Å². The molecule has 1 aromatic rings. The second-order valence-corrected chi connectivity index (χ2v) is 8.03. The number of nitrogens with one attached hydrogen (secondary N) is 1. The highest BCUT2D eigenvalue weighted by Gasteiger charge is 2.45. The first-order valence-electron chi connectivity index (χ1n) is 8.83. The summed E-state index contributed by atoms with van der Waals surface area (Å²) in [6.45, 7) is 2.41. The third-order valence-corrected chi connectivity index (χ3v) is 6.34. The second kappa shape index (κ2) is 7.60. The standard InChI is InChI=1S/C19H26N2O2S/c1-19(18(23)20-16-10-6-3-7-11-16)14-24-13-17(22)21(19)12-15-8-4-2-5-9-15/h2,4-5,8-9,16H,3,6-7,10-14H2,1H3,(H,20,23). The van der Waals surface area contributed by atoms with E-state index in [-0.39, 0.29) is 17.9 Å². The van der Waals surface area contributed by atoms with Gasteiger partial charge in [-0.3, -0.25) is 9.59 Å². The third-order valence-electron chi connectivity index (χ3n) is 5.12. The number of benzene rings is 1. The lowest BCUT2D eigenvalue weighted by Crippen LogP contribution is -2.63. The number of nitrogens with zero attached hydrogens (tertiary/aromatic N) is 1. The van der Waals surface area contributed by atoms with Gasteiger partial charge < -0.3 is 10.2 Å². The summed E-state index contributed by atoms with van der Waals surface area (Å²) in [6, 6.07) is 10.2. The molecule has 1 saturated carbocycles. The van der Waals surface area contributed by atoms with Crippen LogP contribution in [-0.4, -0.2) is 39.8 Å². The van der Waals surface area contributed by atoms with Gasteiger partial charge in [0.2, 0.25) is 11.8 Å². The lowest BCUT2D eigenvalue weighted by atomic mass is 9.93. The number of rotatable bonds is 4. The Hall–Kier alpha value is -1.49. The maximum Gasteiger partial charge on any atom is 0.246 e. The van der Waals surface area contributed by atoms with Crippen molar-refractivity contribution in [1.82, 2.24) is 10.2 Å². The molecule has 0 spiro atoms. The molecule has 1 atom stereocenters. The van der Waals surface area contributed by atoms with E-state index in [1.165, 1.54) is 19.3 Å². The lowest BCUT2D eigenvalue weighted by Gasteiger charge is -2.44. The molecule has 130 valence electrons. The summed E-state index contributed by atoms with van der Waals surface area (Å²) in [6.07, 6.45) is 5.74. The zero-order chi connectivity index (χ0) is 17.0. The third kappa shape index (κ3) is 3.77. The smallest absolute Gasteiger partial charge is 0.246 e. The Bertz CT molecular complexity index is 586.